The zero-order valence-electron chi connectivity index (χ0n) is 19.5. The van der Waals surface area contributed by atoms with Gasteiger partial charge in [-0.15, -0.1) is 21.5 Å². The number of aromatic nitrogens is 3. The van der Waals surface area contributed by atoms with E-state index in [1.165, 1.54) is 30.2 Å². The number of thiophene rings is 1. The molecule has 1 amide bonds. The number of hydrogen-bond acceptors (Lipinski definition) is 8. The predicted octanol–water partition coefficient (Wildman–Crippen LogP) is 5.22. The normalized spacial score (nSPS) is 10.7. The Morgan fingerprint density at radius 3 is 2.54 bits per heavy atom. The highest BCUT2D eigenvalue weighted by Gasteiger charge is 2.23. The molecule has 0 saturated carbocycles. The lowest BCUT2D eigenvalue weighted by molar-refractivity contribution is -0.113. The molecular formula is C25H24N4O4S2. The van der Waals surface area contributed by atoms with Crippen molar-refractivity contribution in [3.05, 3.63) is 65.5 Å². The Kier molecular flexibility index (Phi) is 7.84. The first-order valence-electron chi connectivity index (χ1n) is 10.8. The van der Waals surface area contributed by atoms with Gasteiger partial charge >= 0.3 is 5.97 Å². The van der Waals surface area contributed by atoms with Crippen LogP contribution in [0, 0.1) is 0 Å². The van der Waals surface area contributed by atoms with E-state index in [0.717, 1.165) is 22.4 Å². The molecule has 0 aliphatic rings. The number of amides is 1. The topological polar surface area (TPSA) is 95.3 Å². The summed E-state index contributed by atoms with van der Waals surface area (Å²) in [5.74, 6) is 0.786. The van der Waals surface area contributed by atoms with E-state index in [2.05, 4.69) is 15.5 Å². The van der Waals surface area contributed by atoms with Gasteiger partial charge in [0, 0.05) is 23.1 Å². The number of thioether (sulfide) groups is 1. The van der Waals surface area contributed by atoms with Crippen molar-refractivity contribution in [2.75, 3.05) is 25.3 Å². The molecule has 0 atom stereocenters. The number of benzene rings is 2. The lowest BCUT2D eigenvalue weighted by Gasteiger charge is -2.09. The molecule has 180 valence electrons. The Hall–Kier alpha value is -3.63. The van der Waals surface area contributed by atoms with Crippen molar-refractivity contribution in [2.45, 2.75) is 18.6 Å². The lowest BCUT2D eigenvalue weighted by atomic mass is 10.0. The van der Waals surface area contributed by atoms with E-state index in [-0.39, 0.29) is 11.7 Å². The van der Waals surface area contributed by atoms with Crippen LogP contribution in [0.4, 0.5) is 5.00 Å². The van der Waals surface area contributed by atoms with Crippen LogP contribution in [0.1, 0.15) is 17.3 Å². The first-order valence-corrected chi connectivity index (χ1v) is 12.7. The average Bonchev–Trinajstić information content (AvgIpc) is 3.51. The smallest absolute Gasteiger partial charge is 0.341 e. The summed E-state index contributed by atoms with van der Waals surface area (Å²) in [7, 11) is 2.94. The largest absolute Gasteiger partial charge is 0.497 e. The molecule has 0 spiro atoms. The summed E-state index contributed by atoms with van der Waals surface area (Å²) in [6, 6.07) is 17.1. The minimum Gasteiger partial charge on any atom is -0.497 e. The third-order valence-corrected chi connectivity index (χ3v) is 7.07. The first kappa shape index (κ1) is 24.5. The number of anilines is 1. The number of nitrogens with zero attached hydrogens (tertiary/aromatic N) is 3. The van der Waals surface area contributed by atoms with Crippen molar-refractivity contribution < 1.29 is 19.1 Å². The highest BCUT2D eigenvalue weighted by atomic mass is 32.2. The van der Waals surface area contributed by atoms with Gasteiger partial charge in [-0.1, -0.05) is 54.2 Å². The van der Waals surface area contributed by atoms with Crippen molar-refractivity contribution >= 4 is 40.0 Å². The number of methoxy groups -OCH3 is 2. The van der Waals surface area contributed by atoms with E-state index < -0.39 is 5.97 Å². The molecule has 2 aromatic carbocycles. The van der Waals surface area contributed by atoms with Crippen molar-refractivity contribution in [3.8, 4) is 28.3 Å². The molecule has 0 radical (unpaired) electrons. The third kappa shape index (κ3) is 5.39. The molecule has 0 unspecified atom stereocenters. The molecule has 0 saturated heterocycles. The number of hydrogen-bond donors (Lipinski definition) is 1. The van der Waals surface area contributed by atoms with E-state index in [9.17, 15) is 9.59 Å². The summed E-state index contributed by atoms with van der Waals surface area (Å²) in [6.45, 7) is 2.64. The average molecular weight is 509 g/mol. The minimum atomic E-state index is -0.498. The Balaban J connectivity index is 1.50. The summed E-state index contributed by atoms with van der Waals surface area (Å²) in [4.78, 5) is 25.3. The summed E-state index contributed by atoms with van der Waals surface area (Å²) >= 11 is 2.57. The van der Waals surface area contributed by atoms with Crippen molar-refractivity contribution in [2.24, 2.45) is 0 Å². The van der Waals surface area contributed by atoms with Crippen LogP contribution in [0.3, 0.4) is 0 Å². The molecule has 4 rings (SSSR count). The summed E-state index contributed by atoms with van der Waals surface area (Å²) in [6.07, 6.45) is 0. The van der Waals surface area contributed by atoms with E-state index >= 15 is 0 Å². The number of esters is 1. The molecule has 10 heteroatoms. The van der Waals surface area contributed by atoms with Gasteiger partial charge in [-0.25, -0.2) is 4.79 Å². The molecule has 0 aliphatic carbocycles. The lowest BCUT2D eigenvalue weighted by Crippen LogP contribution is -2.16. The fraction of sp³-hybridized carbons (Fsp3) is 0.200. The number of carbonyl (C=O) groups is 2. The van der Waals surface area contributed by atoms with Gasteiger partial charge in [0.05, 0.1) is 20.0 Å². The maximum atomic E-state index is 12.8. The van der Waals surface area contributed by atoms with Crippen molar-refractivity contribution in [1.29, 1.82) is 0 Å². The van der Waals surface area contributed by atoms with Crippen molar-refractivity contribution in [1.82, 2.24) is 14.8 Å². The van der Waals surface area contributed by atoms with Crippen LogP contribution in [0.2, 0.25) is 0 Å². The van der Waals surface area contributed by atoms with Crippen LogP contribution in [0.25, 0.3) is 22.5 Å². The maximum Gasteiger partial charge on any atom is 0.341 e. The Labute approximate surface area is 211 Å². The van der Waals surface area contributed by atoms with Gasteiger partial charge in [-0.05, 0) is 24.6 Å². The Morgan fingerprint density at radius 2 is 1.83 bits per heavy atom. The molecule has 35 heavy (non-hydrogen) atoms. The fourth-order valence-corrected chi connectivity index (χ4v) is 5.31. The molecule has 4 aromatic rings. The minimum absolute atomic E-state index is 0.107. The van der Waals surface area contributed by atoms with Crippen LogP contribution in [-0.4, -0.2) is 46.6 Å². The molecule has 2 aromatic heterocycles. The summed E-state index contributed by atoms with van der Waals surface area (Å²) in [5, 5.41) is 14.4. The van der Waals surface area contributed by atoms with E-state index in [4.69, 9.17) is 9.47 Å². The number of rotatable bonds is 9. The van der Waals surface area contributed by atoms with Gasteiger partial charge in [-0.2, -0.15) is 0 Å². The van der Waals surface area contributed by atoms with Crippen LogP contribution >= 0.6 is 23.1 Å². The second-order valence-corrected chi connectivity index (χ2v) is 9.15. The van der Waals surface area contributed by atoms with E-state index in [1.807, 2.05) is 71.5 Å². The predicted molar refractivity (Wildman–Crippen MR) is 138 cm³/mol. The van der Waals surface area contributed by atoms with Gasteiger partial charge in [0.25, 0.3) is 0 Å². The summed E-state index contributed by atoms with van der Waals surface area (Å²) in [5.41, 5.74) is 2.82. The summed E-state index contributed by atoms with van der Waals surface area (Å²) < 4.78 is 12.2. The third-order valence-electron chi connectivity index (χ3n) is 5.21. The Morgan fingerprint density at radius 1 is 1.06 bits per heavy atom. The second kappa shape index (κ2) is 11.2. The monoisotopic (exact) mass is 508 g/mol. The molecule has 8 nitrogen and oxygen atoms in total. The highest BCUT2D eigenvalue weighted by Crippen LogP contribution is 2.36. The van der Waals surface area contributed by atoms with Gasteiger partial charge in [0.1, 0.15) is 16.3 Å². The first-order chi connectivity index (χ1) is 17.0. The van der Waals surface area contributed by atoms with E-state index in [0.29, 0.717) is 28.1 Å². The number of ether oxygens (including phenoxy) is 2. The molecule has 0 aliphatic heterocycles. The van der Waals surface area contributed by atoms with Gasteiger partial charge in [0.2, 0.25) is 5.91 Å². The van der Waals surface area contributed by atoms with Gasteiger partial charge < -0.3 is 19.4 Å². The second-order valence-electron chi connectivity index (χ2n) is 7.33. The maximum absolute atomic E-state index is 12.8. The molecule has 0 bridgehead atoms. The fourth-order valence-electron chi connectivity index (χ4n) is 3.53. The van der Waals surface area contributed by atoms with Crippen LogP contribution < -0.4 is 10.1 Å². The molecule has 2 heterocycles. The highest BCUT2D eigenvalue weighted by molar-refractivity contribution is 7.99. The Bertz CT molecular complexity index is 1330. The molecule has 1 N–H and O–H groups in total. The number of carbonyl (C=O) groups excluding carboxylic acids is 2. The molecular weight excluding hydrogens is 484 g/mol. The van der Waals surface area contributed by atoms with Crippen LogP contribution in [0.5, 0.6) is 5.75 Å². The van der Waals surface area contributed by atoms with Gasteiger partial charge in [-0.3, -0.25) is 4.79 Å². The zero-order valence-corrected chi connectivity index (χ0v) is 21.1. The van der Waals surface area contributed by atoms with Crippen LogP contribution in [0.15, 0.2) is 65.1 Å². The standard InChI is InChI=1S/C25H24N4O4S2/c1-4-29-22(17-11-8-12-18(13-17)32-2)27-28-25(29)35-15-20(30)26-23-21(24(31)33-3)19(14-34-23)16-9-6-5-7-10-16/h5-14H,4,15H2,1-3H3,(H,26,30). The quantitative estimate of drug-likeness (QED) is 0.245. The number of nitrogens with one attached hydrogen (secondary N) is 1. The van der Waals surface area contributed by atoms with Gasteiger partial charge in [0.15, 0.2) is 11.0 Å². The zero-order chi connectivity index (χ0) is 24.8. The molecule has 0 fully saturated rings. The SMILES string of the molecule is CCn1c(SCC(=O)Nc2scc(-c3ccccc3)c2C(=O)OC)nnc1-c1cccc(OC)c1. The van der Waals surface area contributed by atoms with Crippen molar-refractivity contribution in [3.63, 3.8) is 0 Å². The van der Waals surface area contributed by atoms with E-state index in [1.54, 1.807) is 7.11 Å². The van der Waals surface area contributed by atoms with Crippen LogP contribution in [-0.2, 0) is 16.1 Å².